The van der Waals surface area contributed by atoms with Gasteiger partial charge in [-0.2, -0.15) is 9.38 Å². The SMILES string of the molecule is CN(C)C(=O)CN(C)c1nc2sccn2c1[N+](=O)[O-]. The van der Waals surface area contributed by atoms with Gasteiger partial charge in [-0.1, -0.05) is 11.3 Å². The van der Waals surface area contributed by atoms with E-state index >= 15 is 0 Å². The summed E-state index contributed by atoms with van der Waals surface area (Å²) in [4.78, 5) is 30.0. The first-order valence-corrected chi connectivity index (χ1v) is 6.31. The lowest BCUT2D eigenvalue weighted by Gasteiger charge is -2.18. The molecule has 0 saturated heterocycles. The molecular formula is C10H13N5O3S. The maximum atomic E-state index is 11.6. The molecule has 0 aliphatic rings. The molecule has 0 aliphatic heterocycles. The Morgan fingerprint density at radius 3 is 2.79 bits per heavy atom. The van der Waals surface area contributed by atoms with E-state index in [0.29, 0.717) is 4.96 Å². The minimum atomic E-state index is -0.487. The Morgan fingerprint density at radius 1 is 1.53 bits per heavy atom. The normalized spacial score (nSPS) is 10.7. The van der Waals surface area contributed by atoms with Gasteiger partial charge in [-0.25, -0.2) is 0 Å². The Labute approximate surface area is 113 Å². The van der Waals surface area contributed by atoms with Crippen LogP contribution in [0.4, 0.5) is 11.6 Å². The van der Waals surface area contributed by atoms with Crippen molar-refractivity contribution in [2.24, 2.45) is 0 Å². The van der Waals surface area contributed by atoms with Crippen molar-refractivity contribution in [3.8, 4) is 0 Å². The highest BCUT2D eigenvalue weighted by Gasteiger charge is 2.27. The minimum absolute atomic E-state index is 0.0404. The molecule has 0 aromatic carbocycles. The van der Waals surface area contributed by atoms with E-state index in [9.17, 15) is 14.9 Å². The predicted octanol–water partition coefficient (Wildman–Crippen LogP) is 0.828. The molecule has 0 saturated carbocycles. The fourth-order valence-corrected chi connectivity index (χ4v) is 2.31. The summed E-state index contributed by atoms with van der Waals surface area (Å²) >= 11 is 1.31. The van der Waals surface area contributed by atoms with Crippen LogP contribution in [-0.2, 0) is 4.79 Å². The largest absolute Gasteiger partial charge is 0.373 e. The molecule has 0 bridgehead atoms. The average Bonchev–Trinajstić information content (AvgIpc) is 2.86. The zero-order chi connectivity index (χ0) is 14.2. The van der Waals surface area contributed by atoms with E-state index in [-0.39, 0.29) is 24.1 Å². The second kappa shape index (κ2) is 4.84. The first kappa shape index (κ1) is 13.3. The number of hydrogen-bond donors (Lipinski definition) is 0. The van der Waals surface area contributed by atoms with Gasteiger partial charge in [0.1, 0.15) is 6.20 Å². The predicted molar refractivity (Wildman–Crippen MR) is 71.7 cm³/mol. The van der Waals surface area contributed by atoms with Gasteiger partial charge in [0.25, 0.3) is 4.96 Å². The zero-order valence-electron chi connectivity index (χ0n) is 10.7. The number of thiazole rings is 1. The fourth-order valence-electron chi connectivity index (χ4n) is 1.61. The molecule has 19 heavy (non-hydrogen) atoms. The molecule has 0 N–H and O–H groups in total. The molecule has 8 nitrogen and oxygen atoms in total. The Balaban J connectivity index is 2.38. The number of imidazole rings is 1. The van der Waals surface area contributed by atoms with Crippen LogP contribution in [-0.4, -0.2) is 52.8 Å². The van der Waals surface area contributed by atoms with Crippen molar-refractivity contribution in [2.45, 2.75) is 0 Å². The van der Waals surface area contributed by atoms with Gasteiger partial charge in [0.15, 0.2) is 0 Å². The maximum absolute atomic E-state index is 11.6. The van der Waals surface area contributed by atoms with Crippen LogP contribution >= 0.6 is 11.3 Å². The fraction of sp³-hybridized carbons (Fsp3) is 0.400. The van der Waals surface area contributed by atoms with Gasteiger partial charge in [0.2, 0.25) is 11.7 Å². The van der Waals surface area contributed by atoms with E-state index in [0.717, 1.165) is 0 Å². The molecule has 0 fully saturated rings. The van der Waals surface area contributed by atoms with Crippen LogP contribution < -0.4 is 4.90 Å². The number of aromatic nitrogens is 2. The molecule has 0 radical (unpaired) electrons. The smallest absolute Gasteiger partial charge is 0.358 e. The molecule has 2 aromatic heterocycles. The van der Waals surface area contributed by atoms with Gasteiger partial charge < -0.3 is 19.9 Å². The van der Waals surface area contributed by atoms with Crippen molar-refractivity contribution in [1.82, 2.24) is 14.3 Å². The average molecular weight is 283 g/mol. The van der Waals surface area contributed by atoms with Crippen LogP contribution in [0.25, 0.3) is 4.96 Å². The molecule has 0 unspecified atom stereocenters. The third kappa shape index (κ3) is 2.36. The number of carbonyl (C=O) groups excluding carboxylic acids is 1. The number of nitrogens with zero attached hydrogens (tertiary/aromatic N) is 5. The number of amides is 1. The molecule has 0 spiro atoms. The minimum Gasteiger partial charge on any atom is -0.358 e. The Kier molecular flexibility index (Phi) is 3.38. The van der Waals surface area contributed by atoms with Gasteiger partial charge in [-0.3, -0.25) is 4.79 Å². The molecule has 2 aromatic rings. The highest BCUT2D eigenvalue weighted by atomic mass is 32.1. The third-order valence-electron chi connectivity index (χ3n) is 2.62. The topological polar surface area (TPSA) is 84.0 Å². The number of likely N-dealkylation sites (N-methyl/N-ethyl adjacent to an activating group) is 2. The van der Waals surface area contributed by atoms with E-state index in [2.05, 4.69) is 4.98 Å². The molecular weight excluding hydrogens is 270 g/mol. The molecule has 0 aliphatic carbocycles. The number of nitro groups is 1. The summed E-state index contributed by atoms with van der Waals surface area (Å²) in [6, 6.07) is 0. The van der Waals surface area contributed by atoms with Gasteiger partial charge in [-0.15, -0.1) is 0 Å². The number of carbonyl (C=O) groups is 1. The van der Waals surface area contributed by atoms with E-state index in [4.69, 9.17) is 0 Å². The van der Waals surface area contributed by atoms with Gasteiger partial charge >= 0.3 is 5.82 Å². The highest BCUT2D eigenvalue weighted by Crippen LogP contribution is 2.30. The lowest BCUT2D eigenvalue weighted by Crippen LogP contribution is -2.34. The number of fused-ring (bicyclic) bond motifs is 1. The van der Waals surface area contributed by atoms with Crippen molar-refractivity contribution in [1.29, 1.82) is 0 Å². The molecule has 2 rings (SSSR count). The Morgan fingerprint density at radius 2 is 2.21 bits per heavy atom. The standard InChI is InChI=1S/C10H13N5O3S/c1-12(2)7(16)6-13(3)8-9(15(17)18)14-4-5-19-10(14)11-8/h4-5H,6H2,1-3H3. The van der Waals surface area contributed by atoms with Crippen LogP contribution in [0.5, 0.6) is 0 Å². The van der Waals surface area contributed by atoms with E-state index in [1.165, 1.54) is 25.5 Å². The van der Waals surface area contributed by atoms with Crippen molar-refractivity contribution >= 4 is 33.8 Å². The van der Waals surface area contributed by atoms with Gasteiger partial charge in [0.05, 0.1) is 6.54 Å². The van der Waals surface area contributed by atoms with Crippen LogP contribution in [0.15, 0.2) is 11.6 Å². The van der Waals surface area contributed by atoms with Crippen molar-refractivity contribution in [2.75, 3.05) is 32.6 Å². The van der Waals surface area contributed by atoms with Crippen LogP contribution in [0.1, 0.15) is 0 Å². The van der Waals surface area contributed by atoms with Crippen molar-refractivity contribution in [3.05, 3.63) is 21.7 Å². The third-order valence-corrected chi connectivity index (χ3v) is 3.38. The quantitative estimate of drug-likeness (QED) is 0.613. The maximum Gasteiger partial charge on any atom is 0.373 e. The summed E-state index contributed by atoms with van der Waals surface area (Å²) in [6.07, 6.45) is 1.59. The molecule has 0 atom stereocenters. The summed E-state index contributed by atoms with van der Waals surface area (Å²) in [5, 5.41) is 12.9. The molecule has 102 valence electrons. The second-order valence-electron chi connectivity index (χ2n) is 4.22. The summed E-state index contributed by atoms with van der Waals surface area (Å²) in [6.45, 7) is 0.0404. The van der Waals surface area contributed by atoms with E-state index in [1.807, 2.05) is 0 Å². The van der Waals surface area contributed by atoms with Crippen LogP contribution in [0.2, 0.25) is 0 Å². The number of rotatable bonds is 4. The summed E-state index contributed by atoms with van der Waals surface area (Å²) in [7, 11) is 4.88. The summed E-state index contributed by atoms with van der Waals surface area (Å²) in [5.41, 5.74) is 0. The summed E-state index contributed by atoms with van der Waals surface area (Å²) < 4.78 is 1.41. The van der Waals surface area contributed by atoms with Crippen LogP contribution in [0.3, 0.4) is 0 Å². The van der Waals surface area contributed by atoms with Crippen molar-refractivity contribution in [3.63, 3.8) is 0 Å². The lowest BCUT2D eigenvalue weighted by atomic mass is 10.4. The first-order valence-electron chi connectivity index (χ1n) is 5.43. The number of anilines is 1. The summed E-state index contributed by atoms with van der Waals surface area (Å²) in [5.74, 6) is -0.0643. The first-order chi connectivity index (χ1) is 8.91. The molecule has 9 heteroatoms. The van der Waals surface area contributed by atoms with E-state index < -0.39 is 4.92 Å². The molecule has 1 amide bonds. The second-order valence-corrected chi connectivity index (χ2v) is 5.09. The monoisotopic (exact) mass is 283 g/mol. The zero-order valence-corrected chi connectivity index (χ0v) is 11.5. The molecule has 2 heterocycles. The van der Waals surface area contributed by atoms with E-state index in [1.54, 1.807) is 32.7 Å². The van der Waals surface area contributed by atoms with Crippen molar-refractivity contribution < 1.29 is 9.72 Å². The van der Waals surface area contributed by atoms with Gasteiger partial charge in [0, 0.05) is 26.5 Å². The van der Waals surface area contributed by atoms with Crippen LogP contribution in [0, 0.1) is 10.1 Å². The lowest BCUT2D eigenvalue weighted by molar-refractivity contribution is -0.389. The van der Waals surface area contributed by atoms with Gasteiger partial charge in [-0.05, 0) is 4.92 Å². The number of hydrogen-bond acceptors (Lipinski definition) is 6. The highest BCUT2D eigenvalue weighted by molar-refractivity contribution is 7.15. The Hall–Kier alpha value is -2.16. The Bertz CT molecular complexity index is 632.